The molecule has 3 nitrogen and oxygen atoms in total. The third kappa shape index (κ3) is 3.93. The van der Waals surface area contributed by atoms with Gasteiger partial charge in [0.2, 0.25) is 0 Å². The lowest BCUT2D eigenvalue weighted by Gasteiger charge is -2.07. The molecule has 0 aliphatic rings. The fraction of sp³-hybridized carbons (Fsp3) is 0.462. The Morgan fingerprint density at radius 3 is 3.11 bits per heavy atom. The molecule has 0 saturated heterocycles. The molecule has 5 heteroatoms. The molecule has 0 spiro atoms. The minimum Gasteiger partial charge on any atom is -0.334 e. The van der Waals surface area contributed by atoms with Crippen molar-refractivity contribution in [1.82, 2.24) is 14.9 Å². The highest BCUT2D eigenvalue weighted by atomic mass is 79.9. The molecule has 0 saturated carbocycles. The summed E-state index contributed by atoms with van der Waals surface area (Å²) >= 11 is 5.25. The zero-order chi connectivity index (χ0) is 12.8. The van der Waals surface area contributed by atoms with Crippen LogP contribution in [0.1, 0.15) is 24.0 Å². The molecule has 18 heavy (non-hydrogen) atoms. The Kier molecular flexibility index (Phi) is 5.41. The van der Waals surface area contributed by atoms with Gasteiger partial charge in [0.1, 0.15) is 5.82 Å². The number of thiophene rings is 1. The average molecular weight is 328 g/mol. The third-order valence-corrected chi connectivity index (χ3v) is 4.42. The van der Waals surface area contributed by atoms with Crippen molar-refractivity contribution in [1.29, 1.82) is 0 Å². The molecular weight excluding hydrogens is 310 g/mol. The van der Waals surface area contributed by atoms with Crippen molar-refractivity contribution in [2.45, 2.75) is 32.9 Å². The molecule has 2 rings (SSSR count). The van der Waals surface area contributed by atoms with E-state index in [4.69, 9.17) is 0 Å². The first kappa shape index (κ1) is 13.8. The van der Waals surface area contributed by atoms with Gasteiger partial charge in [-0.25, -0.2) is 4.98 Å². The number of halogens is 1. The summed E-state index contributed by atoms with van der Waals surface area (Å²) in [5.41, 5.74) is 0. The summed E-state index contributed by atoms with van der Waals surface area (Å²) in [6, 6.07) is 2.16. The van der Waals surface area contributed by atoms with E-state index in [0.717, 1.165) is 32.5 Å². The van der Waals surface area contributed by atoms with Crippen molar-refractivity contribution in [3.05, 3.63) is 39.0 Å². The van der Waals surface area contributed by atoms with Crippen LogP contribution in [0.3, 0.4) is 0 Å². The van der Waals surface area contributed by atoms with Crippen LogP contribution in [0, 0.1) is 0 Å². The van der Waals surface area contributed by atoms with E-state index in [1.165, 1.54) is 15.2 Å². The van der Waals surface area contributed by atoms with E-state index < -0.39 is 0 Å². The number of hydrogen-bond acceptors (Lipinski definition) is 3. The number of nitrogens with zero attached hydrogens (tertiary/aromatic N) is 2. The van der Waals surface area contributed by atoms with Crippen LogP contribution >= 0.6 is 27.3 Å². The van der Waals surface area contributed by atoms with E-state index in [0.29, 0.717) is 0 Å². The highest BCUT2D eigenvalue weighted by Crippen LogP contribution is 2.19. The topological polar surface area (TPSA) is 29.9 Å². The summed E-state index contributed by atoms with van der Waals surface area (Å²) in [6.07, 6.45) is 6.16. The fourth-order valence-electron chi connectivity index (χ4n) is 1.85. The molecule has 2 heterocycles. The van der Waals surface area contributed by atoms with Gasteiger partial charge < -0.3 is 9.88 Å². The van der Waals surface area contributed by atoms with Crippen molar-refractivity contribution >= 4 is 27.3 Å². The number of rotatable bonds is 7. The molecule has 98 valence electrons. The van der Waals surface area contributed by atoms with Crippen LogP contribution in [0.2, 0.25) is 0 Å². The molecule has 0 atom stereocenters. The Labute approximate surface area is 120 Å². The summed E-state index contributed by atoms with van der Waals surface area (Å²) < 4.78 is 3.41. The standard InChI is InChI=1S/C13H18BrN3S/c1-2-3-13-16-5-7-17(13)6-4-15-9-12-8-11(14)10-18-12/h5,7-8,10,15H,2-4,6,9H2,1H3. The van der Waals surface area contributed by atoms with Crippen LogP contribution in [0.4, 0.5) is 0 Å². The Morgan fingerprint density at radius 1 is 1.50 bits per heavy atom. The van der Waals surface area contributed by atoms with Gasteiger partial charge in [-0.05, 0) is 28.4 Å². The van der Waals surface area contributed by atoms with Gasteiger partial charge in [-0.2, -0.15) is 0 Å². The molecule has 0 bridgehead atoms. The maximum Gasteiger partial charge on any atom is 0.108 e. The van der Waals surface area contributed by atoms with Crippen molar-refractivity contribution in [2.75, 3.05) is 6.54 Å². The van der Waals surface area contributed by atoms with Gasteiger partial charge in [-0.1, -0.05) is 6.92 Å². The largest absolute Gasteiger partial charge is 0.334 e. The Morgan fingerprint density at radius 2 is 2.39 bits per heavy atom. The molecule has 0 aromatic carbocycles. The second-order valence-electron chi connectivity index (χ2n) is 4.19. The minimum atomic E-state index is 0.939. The molecule has 2 aromatic rings. The number of hydrogen-bond donors (Lipinski definition) is 1. The van der Waals surface area contributed by atoms with Gasteiger partial charge >= 0.3 is 0 Å². The number of aromatic nitrogens is 2. The predicted octanol–water partition coefficient (Wildman–Crippen LogP) is 3.45. The lowest BCUT2D eigenvalue weighted by atomic mass is 10.3. The minimum absolute atomic E-state index is 0.939. The average Bonchev–Trinajstić information content (AvgIpc) is 2.95. The first-order valence-electron chi connectivity index (χ1n) is 6.23. The van der Waals surface area contributed by atoms with Crippen LogP contribution in [-0.4, -0.2) is 16.1 Å². The van der Waals surface area contributed by atoms with Crippen molar-refractivity contribution in [2.24, 2.45) is 0 Å². The summed E-state index contributed by atoms with van der Waals surface area (Å²) in [5, 5.41) is 5.58. The van der Waals surface area contributed by atoms with Crippen LogP contribution in [0.25, 0.3) is 0 Å². The first-order valence-corrected chi connectivity index (χ1v) is 7.90. The Balaban J connectivity index is 1.73. The number of aryl methyl sites for hydroxylation is 1. The van der Waals surface area contributed by atoms with Gasteiger partial charge in [0.25, 0.3) is 0 Å². The summed E-state index contributed by atoms with van der Waals surface area (Å²) in [7, 11) is 0. The SMILES string of the molecule is CCCc1nccn1CCNCc1cc(Br)cs1. The maximum atomic E-state index is 4.38. The molecule has 0 unspecified atom stereocenters. The third-order valence-electron chi connectivity index (χ3n) is 2.73. The van der Waals surface area contributed by atoms with Crippen LogP contribution in [-0.2, 0) is 19.5 Å². The van der Waals surface area contributed by atoms with Gasteiger partial charge in [-0.15, -0.1) is 11.3 Å². The van der Waals surface area contributed by atoms with E-state index in [1.807, 2.05) is 6.20 Å². The van der Waals surface area contributed by atoms with Crippen LogP contribution in [0.15, 0.2) is 28.3 Å². The lowest BCUT2D eigenvalue weighted by Crippen LogP contribution is -2.19. The summed E-state index contributed by atoms with van der Waals surface area (Å²) in [6.45, 7) is 5.09. The molecular formula is C13H18BrN3S. The van der Waals surface area contributed by atoms with E-state index in [-0.39, 0.29) is 0 Å². The smallest absolute Gasteiger partial charge is 0.108 e. The second kappa shape index (κ2) is 7.07. The van der Waals surface area contributed by atoms with Crippen molar-refractivity contribution in [3.8, 4) is 0 Å². The van der Waals surface area contributed by atoms with Crippen molar-refractivity contribution in [3.63, 3.8) is 0 Å². The molecule has 0 aliphatic carbocycles. The summed E-state index contributed by atoms with van der Waals surface area (Å²) in [4.78, 5) is 5.74. The van der Waals surface area contributed by atoms with E-state index in [2.05, 4.69) is 55.4 Å². The first-order chi connectivity index (χ1) is 8.79. The Hall–Kier alpha value is -0.650. The highest BCUT2D eigenvalue weighted by Gasteiger charge is 2.01. The van der Waals surface area contributed by atoms with Gasteiger partial charge in [0, 0.05) is 53.2 Å². The van der Waals surface area contributed by atoms with E-state index in [1.54, 1.807) is 11.3 Å². The van der Waals surface area contributed by atoms with Gasteiger partial charge in [0.05, 0.1) is 0 Å². The molecule has 0 radical (unpaired) electrons. The number of nitrogens with one attached hydrogen (secondary N) is 1. The second-order valence-corrected chi connectivity index (χ2v) is 6.11. The quantitative estimate of drug-likeness (QED) is 0.789. The molecule has 0 aliphatic heterocycles. The van der Waals surface area contributed by atoms with E-state index in [9.17, 15) is 0 Å². The monoisotopic (exact) mass is 327 g/mol. The zero-order valence-corrected chi connectivity index (χ0v) is 12.9. The number of imidazole rings is 1. The molecule has 1 N–H and O–H groups in total. The zero-order valence-electron chi connectivity index (χ0n) is 10.5. The lowest BCUT2D eigenvalue weighted by molar-refractivity contribution is 0.578. The highest BCUT2D eigenvalue weighted by molar-refractivity contribution is 9.10. The van der Waals surface area contributed by atoms with Gasteiger partial charge in [-0.3, -0.25) is 0 Å². The molecule has 0 amide bonds. The summed E-state index contributed by atoms with van der Waals surface area (Å²) in [5.74, 6) is 1.19. The van der Waals surface area contributed by atoms with Crippen LogP contribution in [0.5, 0.6) is 0 Å². The van der Waals surface area contributed by atoms with Crippen molar-refractivity contribution < 1.29 is 0 Å². The van der Waals surface area contributed by atoms with Crippen LogP contribution < -0.4 is 5.32 Å². The Bertz CT molecular complexity index is 478. The normalized spacial score (nSPS) is 11.0. The molecule has 0 fully saturated rings. The maximum absolute atomic E-state index is 4.38. The fourth-order valence-corrected chi connectivity index (χ4v) is 3.27. The van der Waals surface area contributed by atoms with Gasteiger partial charge in [0.15, 0.2) is 0 Å². The van der Waals surface area contributed by atoms with E-state index >= 15 is 0 Å². The predicted molar refractivity (Wildman–Crippen MR) is 79.9 cm³/mol. The molecule has 2 aromatic heterocycles.